The number of amides is 1. The largest absolute Gasteiger partial charge is 0.317 e. The number of hydroxylamine groups is 1. The summed E-state index contributed by atoms with van der Waals surface area (Å²) in [6.07, 6.45) is 1.15. The van der Waals surface area contributed by atoms with Crippen LogP contribution in [0.4, 0.5) is 0 Å². The minimum Gasteiger partial charge on any atom is -0.317 e. The van der Waals surface area contributed by atoms with Gasteiger partial charge in [0.2, 0.25) is 0 Å². The molecule has 0 heterocycles. The van der Waals surface area contributed by atoms with Crippen LogP contribution >= 0.6 is 0 Å². The Morgan fingerprint density at radius 3 is 2.54 bits per heavy atom. The van der Waals surface area contributed by atoms with E-state index in [1.165, 1.54) is 5.48 Å². The van der Waals surface area contributed by atoms with Crippen LogP contribution in [0.5, 0.6) is 0 Å². The fourth-order valence-electron chi connectivity index (χ4n) is 1.07. The predicted octanol–water partition coefficient (Wildman–Crippen LogP) is -0.176. The van der Waals surface area contributed by atoms with Crippen molar-refractivity contribution in [3.8, 4) is 0 Å². The molecule has 5 heteroatoms. The molecule has 76 valence electrons. The molecule has 0 saturated carbocycles. The van der Waals surface area contributed by atoms with E-state index in [9.17, 15) is 9.59 Å². The molecule has 1 unspecified atom stereocenters. The maximum Gasteiger partial charge on any atom is 0.263 e. The zero-order chi connectivity index (χ0) is 10.5. The van der Waals surface area contributed by atoms with E-state index in [0.29, 0.717) is 6.29 Å². The fraction of sp³-hybridized carbons (Fsp3) is 0.750. The highest BCUT2D eigenvalue weighted by molar-refractivity contribution is 5.85. The van der Waals surface area contributed by atoms with E-state index in [1.54, 1.807) is 13.8 Å². The number of hydrogen-bond donors (Lipinski definition) is 3. The maximum atomic E-state index is 11.2. The zero-order valence-electron chi connectivity index (χ0n) is 7.91. The molecule has 0 fully saturated rings. The second kappa shape index (κ2) is 4.94. The van der Waals surface area contributed by atoms with Gasteiger partial charge in [-0.1, -0.05) is 13.8 Å². The van der Waals surface area contributed by atoms with E-state index in [1.807, 2.05) is 0 Å². The van der Waals surface area contributed by atoms with Gasteiger partial charge in [0.05, 0.1) is 0 Å². The Balaban J connectivity index is 4.51. The minimum atomic E-state index is -1.17. The number of nitrogens with one attached hydrogen (secondary N) is 1. The van der Waals surface area contributed by atoms with Crippen LogP contribution < -0.4 is 11.2 Å². The summed E-state index contributed by atoms with van der Waals surface area (Å²) in [6, 6.07) is 0. The van der Waals surface area contributed by atoms with Crippen molar-refractivity contribution in [1.29, 1.82) is 0 Å². The Kier molecular flexibility index (Phi) is 4.58. The van der Waals surface area contributed by atoms with Crippen LogP contribution in [0.3, 0.4) is 0 Å². The monoisotopic (exact) mass is 188 g/mol. The lowest BCUT2D eigenvalue weighted by Crippen LogP contribution is -2.57. The topological polar surface area (TPSA) is 92.4 Å². The fourth-order valence-corrected chi connectivity index (χ4v) is 1.07. The van der Waals surface area contributed by atoms with Gasteiger partial charge in [-0.25, -0.2) is 5.48 Å². The van der Waals surface area contributed by atoms with Gasteiger partial charge in [0.15, 0.2) is 0 Å². The van der Waals surface area contributed by atoms with Gasteiger partial charge in [-0.05, 0) is 12.3 Å². The molecular formula is C8H16N2O3. The molecule has 4 N–H and O–H groups in total. The van der Waals surface area contributed by atoms with Gasteiger partial charge in [-0.3, -0.25) is 10.0 Å². The first-order valence-electron chi connectivity index (χ1n) is 4.16. The highest BCUT2D eigenvalue weighted by Crippen LogP contribution is 2.19. The van der Waals surface area contributed by atoms with Crippen molar-refractivity contribution in [3.05, 3.63) is 0 Å². The summed E-state index contributed by atoms with van der Waals surface area (Å²) in [5.74, 6) is -0.788. The summed E-state index contributed by atoms with van der Waals surface area (Å²) in [5.41, 5.74) is 6.09. The quantitative estimate of drug-likeness (QED) is 0.317. The van der Waals surface area contributed by atoms with Crippen LogP contribution in [0.2, 0.25) is 0 Å². The molecule has 0 spiro atoms. The van der Waals surface area contributed by atoms with Crippen LogP contribution in [0, 0.1) is 5.92 Å². The van der Waals surface area contributed by atoms with E-state index in [-0.39, 0.29) is 18.8 Å². The Morgan fingerprint density at radius 2 is 2.23 bits per heavy atom. The number of rotatable bonds is 5. The van der Waals surface area contributed by atoms with Crippen LogP contribution in [0.1, 0.15) is 26.7 Å². The van der Waals surface area contributed by atoms with Crippen molar-refractivity contribution >= 4 is 12.2 Å². The van der Waals surface area contributed by atoms with Crippen LogP contribution in [-0.2, 0) is 9.59 Å². The molecule has 0 rings (SSSR count). The molecular weight excluding hydrogens is 172 g/mol. The third-order valence-corrected chi connectivity index (χ3v) is 2.23. The molecule has 0 aliphatic heterocycles. The van der Waals surface area contributed by atoms with Crippen molar-refractivity contribution in [3.63, 3.8) is 0 Å². The molecule has 1 atom stereocenters. The SMILES string of the molecule is CC(C)C(N)(CCC=O)C(=O)NO. The van der Waals surface area contributed by atoms with Gasteiger partial charge in [0, 0.05) is 6.42 Å². The molecule has 5 nitrogen and oxygen atoms in total. The first-order chi connectivity index (χ1) is 5.99. The second-order valence-electron chi connectivity index (χ2n) is 3.34. The first-order valence-corrected chi connectivity index (χ1v) is 4.16. The summed E-state index contributed by atoms with van der Waals surface area (Å²) in [5, 5.41) is 8.45. The average molecular weight is 188 g/mol. The average Bonchev–Trinajstić information content (AvgIpc) is 2.12. The van der Waals surface area contributed by atoms with Gasteiger partial charge < -0.3 is 10.5 Å². The van der Waals surface area contributed by atoms with Gasteiger partial charge in [-0.2, -0.15) is 0 Å². The molecule has 0 bridgehead atoms. The van der Waals surface area contributed by atoms with Crippen LogP contribution in [0.15, 0.2) is 0 Å². The molecule has 0 aromatic heterocycles. The zero-order valence-corrected chi connectivity index (χ0v) is 7.91. The minimum absolute atomic E-state index is 0.139. The van der Waals surface area contributed by atoms with E-state index in [0.717, 1.165) is 0 Å². The van der Waals surface area contributed by atoms with Crippen molar-refractivity contribution in [1.82, 2.24) is 5.48 Å². The highest BCUT2D eigenvalue weighted by Gasteiger charge is 2.36. The second-order valence-corrected chi connectivity index (χ2v) is 3.34. The van der Waals surface area contributed by atoms with E-state index >= 15 is 0 Å². The van der Waals surface area contributed by atoms with Gasteiger partial charge in [-0.15, -0.1) is 0 Å². The molecule has 0 aromatic rings. The van der Waals surface area contributed by atoms with Gasteiger partial charge in [0.1, 0.15) is 11.8 Å². The number of hydrogen-bond acceptors (Lipinski definition) is 4. The number of carbonyl (C=O) groups is 2. The van der Waals surface area contributed by atoms with E-state index in [4.69, 9.17) is 10.9 Å². The molecule has 0 aliphatic rings. The van der Waals surface area contributed by atoms with Crippen molar-refractivity contribution in [2.75, 3.05) is 0 Å². The lowest BCUT2D eigenvalue weighted by Gasteiger charge is -2.30. The van der Waals surface area contributed by atoms with E-state index in [2.05, 4.69) is 0 Å². The summed E-state index contributed by atoms with van der Waals surface area (Å²) in [4.78, 5) is 21.3. The van der Waals surface area contributed by atoms with Crippen molar-refractivity contribution < 1.29 is 14.8 Å². The maximum absolute atomic E-state index is 11.2. The van der Waals surface area contributed by atoms with Crippen LogP contribution in [-0.4, -0.2) is 22.9 Å². The normalized spacial score (nSPS) is 15.2. The smallest absolute Gasteiger partial charge is 0.263 e. The Bertz CT molecular complexity index is 194. The standard InChI is InChI=1S/C8H16N2O3/c1-6(2)8(9,4-3-5-11)7(12)10-13/h5-6,13H,3-4,9H2,1-2H3,(H,10,12). The molecule has 0 radical (unpaired) electrons. The molecule has 13 heavy (non-hydrogen) atoms. The van der Waals surface area contributed by atoms with Gasteiger partial charge >= 0.3 is 0 Å². The highest BCUT2D eigenvalue weighted by atomic mass is 16.5. The van der Waals surface area contributed by atoms with Gasteiger partial charge in [0.25, 0.3) is 5.91 Å². The molecule has 0 aliphatic carbocycles. The third-order valence-electron chi connectivity index (χ3n) is 2.23. The summed E-state index contributed by atoms with van der Waals surface area (Å²) < 4.78 is 0. The summed E-state index contributed by atoms with van der Waals surface area (Å²) in [7, 11) is 0. The van der Waals surface area contributed by atoms with Crippen molar-refractivity contribution in [2.24, 2.45) is 11.7 Å². The molecule has 0 saturated heterocycles. The lowest BCUT2D eigenvalue weighted by atomic mass is 9.83. The number of aldehydes is 1. The predicted molar refractivity (Wildman–Crippen MR) is 47.0 cm³/mol. The molecule has 0 aromatic carbocycles. The number of nitrogens with two attached hydrogens (primary N) is 1. The first kappa shape index (κ1) is 12.1. The number of carbonyl (C=O) groups excluding carboxylic acids is 2. The third kappa shape index (κ3) is 2.78. The Morgan fingerprint density at radius 1 is 1.69 bits per heavy atom. The van der Waals surface area contributed by atoms with Crippen LogP contribution in [0.25, 0.3) is 0 Å². The Labute approximate surface area is 77.3 Å². The lowest BCUT2D eigenvalue weighted by molar-refractivity contribution is -0.136. The summed E-state index contributed by atoms with van der Waals surface area (Å²) >= 11 is 0. The Hall–Kier alpha value is -0.940. The molecule has 1 amide bonds. The van der Waals surface area contributed by atoms with E-state index < -0.39 is 11.4 Å². The summed E-state index contributed by atoms with van der Waals surface area (Å²) in [6.45, 7) is 3.53. The van der Waals surface area contributed by atoms with Crippen molar-refractivity contribution in [2.45, 2.75) is 32.2 Å².